The van der Waals surface area contributed by atoms with E-state index in [0.29, 0.717) is 0 Å². The Morgan fingerprint density at radius 1 is 1.29 bits per heavy atom. The summed E-state index contributed by atoms with van der Waals surface area (Å²) in [6, 6.07) is 2.32. The van der Waals surface area contributed by atoms with Gasteiger partial charge in [0.25, 0.3) is 5.56 Å². The predicted molar refractivity (Wildman–Crippen MR) is 70.3 cm³/mol. The molecule has 1 fully saturated rings. The van der Waals surface area contributed by atoms with Crippen LogP contribution in [0, 0.1) is 0 Å². The largest absolute Gasteiger partial charge is 0.435 e. The quantitative estimate of drug-likeness (QED) is 0.869. The zero-order valence-electron chi connectivity index (χ0n) is 11.4. The Hall–Kier alpha value is -1.83. The van der Waals surface area contributed by atoms with E-state index in [4.69, 9.17) is 0 Å². The number of nitrogens with zero attached hydrogens (tertiary/aromatic N) is 3. The highest BCUT2D eigenvalue weighted by atomic mass is 19.4. The lowest BCUT2D eigenvalue weighted by molar-refractivity contribution is -0.141. The maximum atomic E-state index is 12.7. The SMILES string of the molecule is Cn1c(C2CCNCC2)cc(=O)n2nc(C(F)(F)F)cc12. The molecule has 1 N–H and O–H groups in total. The summed E-state index contributed by atoms with van der Waals surface area (Å²) in [5.74, 6) is 0.179. The summed E-state index contributed by atoms with van der Waals surface area (Å²) in [6.07, 6.45) is -2.83. The van der Waals surface area contributed by atoms with E-state index in [1.165, 1.54) is 6.07 Å². The second-order valence-corrected chi connectivity index (χ2v) is 5.29. The highest BCUT2D eigenvalue weighted by Gasteiger charge is 2.35. The fourth-order valence-electron chi connectivity index (χ4n) is 2.84. The van der Waals surface area contributed by atoms with Gasteiger partial charge in [0, 0.05) is 30.8 Å². The van der Waals surface area contributed by atoms with Crippen LogP contribution < -0.4 is 10.9 Å². The molecular formula is C13H15F3N4O. The van der Waals surface area contributed by atoms with Gasteiger partial charge in [-0.3, -0.25) is 4.79 Å². The van der Waals surface area contributed by atoms with Crippen molar-refractivity contribution in [3.8, 4) is 0 Å². The molecule has 0 amide bonds. The van der Waals surface area contributed by atoms with Crippen molar-refractivity contribution >= 4 is 5.65 Å². The van der Waals surface area contributed by atoms with Crippen LogP contribution in [0.1, 0.15) is 30.1 Å². The first kappa shape index (κ1) is 14.1. The molecule has 0 bridgehead atoms. The predicted octanol–water partition coefficient (Wildman–Crippen LogP) is 1.52. The minimum Gasteiger partial charge on any atom is -0.333 e. The first-order valence-electron chi connectivity index (χ1n) is 6.75. The Labute approximate surface area is 118 Å². The molecule has 8 heteroatoms. The summed E-state index contributed by atoms with van der Waals surface area (Å²) in [5, 5.41) is 6.60. The summed E-state index contributed by atoms with van der Waals surface area (Å²) in [5.41, 5.74) is -0.629. The van der Waals surface area contributed by atoms with Crippen LogP contribution in [-0.4, -0.2) is 27.3 Å². The molecule has 0 aliphatic carbocycles. The highest BCUT2D eigenvalue weighted by Crippen LogP contribution is 2.29. The molecule has 0 atom stereocenters. The molecule has 1 aliphatic rings. The standard InChI is InChI=1S/C13H15F3N4O/c1-19-9(8-2-4-17-5-3-8)6-12(21)20-11(19)7-10(18-20)13(14,15)16/h6-8,17H,2-5H2,1H3. The highest BCUT2D eigenvalue weighted by molar-refractivity contribution is 5.43. The van der Waals surface area contributed by atoms with Crippen LogP contribution in [0.4, 0.5) is 13.2 Å². The fourth-order valence-corrected chi connectivity index (χ4v) is 2.84. The molecule has 0 aromatic carbocycles. The minimum absolute atomic E-state index is 0.170. The van der Waals surface area contributed by atoms with Crippen molar-refractivity contribution in [2.45, 2.75) is 24.9 Å². The Bertz CT molecular complexity index is 725. The van der Waals surface area contributed by atoms with Crippen LogP contribution in [0.5, 0.6) is 0 Å². The molecule has 0 saturated carbocycles. The van der Waals surface area contributed by atoms with Gasteiger partial charge in [0.05, 0.1) is 0 Å². The van der Waals surface area contributed by atoms with Crippen molar-refractivity contribution in [3.05, 3.63) is 33.9 Å². The molecule has 0 radical (unpaired) electrons. The van der Waals surface area contributed by atoms with Gasteiger partial charge in [0.1, 0.15) is 5.65 Å². The van der Waals surface area contributed by atoms with Crippen LogP contribution in [0.2, 0.25) is 0 Å². The average Bonchev–Trinajstić information content (AvgIpc) is 2.90. The van der Waals surface area contributed by atoms with Crippen molar-refractivity contribution in [2.75, 3.05) is 13.1 Å². The van der Waals surface area contributed by atoms with Crippen LogP contribution in [0.3, 0.4) is 0 Å². The molecule has 2 aromatic rings. The van der Waals surface area contributed by atoms with E-state index in [2.05, 4.69) is 10.4 Å². The Kier molecular flexibility index (Phi) is 3.27. The molecule has 5 nitrogen and oxygen atoms in total. The molecule has 114 valence electrons. The fraction of sp³-hybridized carbons (Fsp3) is 0.538. The summed E-state index contributed by atoms with van der Waals surface area (Å²) >= 11 is 0. The summed E-state index contributed by atoms with van der Waals surface area (Å²) in [4.78, 5) is 12.0. The average molecular weight is 300 g/mol. The van der Waals surface area contributed by atoms with E-state index < -0.39 is 17.4 Å². The summed E-state index contributed by atoms with van der Waals surface area (Å²) in [6.45, 7) is 1.69. The molecule has 3 heterocycles. The molecule has 21 heavy (non-hydrogen) atoms. The number of rotatable bonds is 1. The lowest BCUT2D eigenvalue weighted by atomic mass is 9.94. The maximum absolute atomic E-state index is 12.7. The monoisotopic (exact) mass is 300 g/mol. The van der Waals surface area contributed by atoms with E-state index >= 15 is 0 Å². The third-order valence-corrected chi connectivity index (χ3v) is 3.95. The normalized spacial score (nSPS) is 17.5. The summed E-state index contributed by atoms with van der Waals surface area (Å²) in [7, 11) is 1.67. The van der Waals surface area contributed by atoms with Gasteiger partial charge in [-0.15, -0.1) is 0 Å². The lowest BCUT2D eigenvalue weighted by Crippen LogP contribution is -2.29. The summed E-state index contributed by atoms with van der Waals surface area (Å²) < 4.78 is 40.7. The maximum Gasteiger partial charge on any atom is 0.435 e. The molecular weight excluding hydrogens is 285 g/mol. The zero-order valence-corrected chi connectivity index (χ0v) is 11.4. The van der Waals surface area contributed by atoms with Gasteiger partial charge >= 0.3 is 6.18 Å². The molecule has 1 aliphatic heterocycles. The topological polar surface area (TPSA) is 51.3 Å². The van der Waals surface area contributed by atoms with Crippen LogP contribution >= 0.6 is 0 Å². The number of hydrogen-bond acceptors (Lipinski definition) is 3. The Morgan fingerprint density at radius 2 is 1.95 bits per heavy atom. The van der Waals surface area contributed by atoms with E-state index in [1.54, 1.807) is 11.6 Å². The lowest BCUT2D eigenvalue weighted by Gasteiger charge is -2.25. The van der Waals surface area contributed by atoms with Crippen molar-refractivity contribution < 1.29 is 13.2 Å². The smallest absolute Gasteiger partial charge is 0.333 e. The molecule has 1 saturated heterocycles. The van der Waals surface area contributed by atoms with Gasteiger partial charge < -0.3 is 9.88 Å². The van der Waals surface area contributed by atoms with Crippen molar-refractivity contribution in [1.82, 2.24) is 19.5 Å². The van der Waals surface area contributed by atoms with Crippen molar-refractivity contribution in [3.63, 3.8) is 0 Å². The third-order valence-electron chi connectivity index (χ3n) is 3.95. The van der Waals surface area contributed by atoms with Gasteiger partial charge in [-0.1, -0.05) is 0 Å². The molecule has 0 unspecified atom stereocenters. The van der Waals surface area contributed by atoms with E-state index in [1.807, 2.05) is 0 Å². The van der Waals surface area contributed by atoms with E-state index in [0.717, 1.165) is 42.2 Å². The number of aryl methyl sites for hydroxylation is 1. The van der Waals surface area contributed by atoms with Crippen molar-refractivity contribution in [2.24, 2.45) is 7.05 Å². The number of halogens is 3. The molecule has 3 rings (SSSR count). The second kappa shape index (κ2) is 4.87. The van der Waals surface area contributed by atoms with Crippen LogP contribution in [0.25, 0.3) is 5.65 Å². The van der Waals surface area contributed by atoms with E-state index in [9.17, 15) is 18.0 Å². The second-order valence-electron chi connectivity index (χ2n) is 5.29. The number of alkyl halides is 3. The molecule has 0 spiro atoms. The van der Waals surface area contributed by atoms with Gasteiger partial charge in [0.15, 0.2) is 5.69 Å². The number of hydrogen-bond donors (Lipinski definition) is 1. The van der Waals surface area contributed by atoms with Gasteiger partial charge in [0.2, 0.25) is 0 Å². The Morgan fingerprint density at radius 3 is 2.57 bits per heavy atom. The minimum atomic E-state index is -4.56. The Balaban J connectivity index is 2.16. The first-order chi connectivity index (χ1) is 9.88. The van der Waals surface area contributed by atoms with Gasteiger partial charge in [-0.25, -0.2) is 0 Å². The van der Waals surface area contributed by atoms with Gasteiger partial charge in [-0.2, -0.15) is 22.8 Å². The zero-order chi connectivity index (χ0) is 15.2. The van der Waals surface area contributed by atoms with Crippen LogP contribution in [0.15, 0.2) is 16.9 Å². The van der Waals surface area contributed by atoms with Crippen molar-refractivity contribution in [1.29, 1.82) is 0 Å². The number of nitrogens with one attached hydrogen (secondary N) is 1. The third kappa shape index (κ3) is 2.44. The number of aromatic nitrogens is 3. The molecule has 2 aromatic heterocycles. The number of fused-ring (bicyclic) bond motifs is 1. The van der Waals surface area contributed by atoms with E-state index in [-0.39, 0.29) is 11.6 Å². The first-order valence-corrected chi connectivity index (χ1v) is 6.75. The number of piperidine rings is 1. The van der Waals surface area contributed by atoms with Crippen LogP contribution in [-0.2, 0) is 13.2 Å². The van der Waals surface area contributed by atoms with Gasteiger partial charge in [-0.05, 0) is 25.9 Å².